The highest BCUT2D eigenvalue weighted by atomic mass is 35.5. The molecule has 0 aliphatic heterocycles. The van der Waals surface area contributed by atoms with Gasteiger partial charge in [-0.2, -0.15) is 0 Å². The zero-order valence-corrected chi connectivity index (χ0v) is 12.9. The monoisotopic (exact) mass is 294 g/mol. The minimum absolute atomic E-state index is 0.0380. The fourth-order valence-corrected chi connectivity index (χ4v) is 3.13. The van der Waals surface area contributed by atoms with Gasteiger partial charge in [0.05, 0.1) is 17.3 Å². The number of amides is 1. The lowest BCUT2D eigenvalue weighted by atomic mass is 9.80. The van der Waals surface area contributed by atoms with Crippen molar-refractivity contribution in [2.45, 2.75) is 39.2 Å². The summed E-state index contributed by atoms with van der Waals surface area (Å²) in [5, 5.41) is 6.79. The van der Waals surface area contributed by atoms with E-state index in [9.17, 15) is 4.79 Å². The predicted molar refractivity (Wildman–Crippen MR) is 84.1 cm³/mol. The van der Waals surface area contributed by atoms with Gasteiger partial charge in [-0.05, 0) is 43.2 Å². The maximum atomic E-state index is 11.9. The quantitative estimate of drug-likeness (QED) is 0.889. The maximum Gasteiger partial charge on any atom is 0.238 e. The Morgan fingerprint density at radius 1 is 1.30 bits per heavy atom. The first kappa shape index (κ1) is 15.3. The molecule has 3 unspecified atom stereocenters. The van der Waals surface area contributed by atoms with Gasteiger partial charge in [0, 0.05) is 6.04 Å². The first-order chi connectivity index (χ1) is 9.56. The maximum absolute atomic E-state index is 11.9. The second-order valence-corrected chi connectivity index (χ2v) is 6.32. The van der Waals surface area contributed by atoms with Gasteiger partial charge in [-0.15, -0.1) is 0 Å². The summed E-state index contributed by atoms with van der Waals surface area (Å²) in [6, 6.07) is 7.74. The van der Waals surface area contributed by atoms with E-state index in [0.29, 0.717) is 29.2 Å². The largest absolute Gasteiger partial charge is 0.324 e. The predicted octanol–water partition coefficient (Wildman–Crippen LogP) is 3.69. The van der Waals surface area contributed by atoms with Gasteiger partial charge in [0.2, 0.25) is 5.91 Å². The van der Waals surface area contributed by atoms with Crippen LogP contribution in [0.3, 0.4) is 0 Å². The molecule has 2 N–H and O–H groups in total. The van der Waals surface area contributed by atoms with Crippen LogP contribution in [0.15, 0.2) is 24.3 Å². The van der Waals surface area contributed by atoms with Crippen LogP contribution >= 0.6 is 11.6 Å². The molecule has 1 aliphatic rings. The molecule has 0 bridgehead atoms. The number of carbonyl (C=O) groups excluding carboxylic acids is 1. The third-order valence-electron chi connectivity index (χ3n) is 4.10. The van der Waals surface area contributed by atoms with Crippen LogP contribution in [0.25, 0.3) is 0 Å². The van der Waals surface area contributed by atoms with E-state index in [1.54, 1.807) is 6.07 Å². The average Bonchev–Trinajstić information content (AvgIpc) is 2.40. The van der Waals surface area contributed by atoms with Crippen molar-refractivity contribution in [2.24, 2.45) is 11.8 Å². The van der Waals surface area contributed by atoms with Gasteiger partial charge in [-0.1, -0.05) is 37.6 Å². The number of nitrogens with one attached hydrogen (secondary N) is 2. The molecule has 2 rings (SSSR count). The molecule has 4 heteroatoms. The van der Waals surface area contributed by atoms with Crippen molar-refractivity contribution in [3.63, 3.8) is 0 Å². The molecule has 110 valence electrons. The number of halogens is 1. The molecule has 1 amide bonds. The first-order valence-corrected chi connectivity index (χ1v) is 7.72. The van der Waals surface area contributed by atoms with Crippen LogP contribution in [0.2, 0.25) is 5.02 Å². The molecule has 0 radical (unpaired) electrons. The Bertz CT molecular complexity index is 464. The van der Waals surface area contributed by atoms with Gasteiger partial charge in [0.25, 0.3) is 0 Å². The third-order valence-corrected chi connectivity index (χ3v) is 4.43. The molecule has 1 saturated carbocycles. The van der Waals surface area contributed by atoms with Crippen molar-refractivity contribution in [1.29, 1.82) is 0 Å². The first-order valence-electron chi connectivity index (χ1n) is 7.34. The zero-order valence-electron chi connectivity index (χ0n) is 12.2. The normalized spacial score (nSPS) is 26.2. The van der Waals surface area contributed by atoms with Crippen LogP contribution in [-0.4, -0.2) is 18.5 Å². The number of anilines is 1. The van der Waals surface area contributed by atoms with Crippen LogP contribution in [-0.2, 0) is 4.79 Å². The van der Waals surface area contributed by atoms with Crippen molar-refractivity contribution in [2.75, 3.05) is 11.9 Å². The van der Waals surface area contributed by atoms with Crippen LogP contribution in [0.4, 0.5) is 5.69 Å². The van der Waals surface area contributed by atoms with Crippen molar-refractivity contribution in [1.82, 2.24) is 5.32 Å². The highest BCUT2D eigenvalue weighted by Crippen LogP contribution is 2.28. The summed E-state index contributed by atoms with van der Waals surface area (Å²) in [5.41, 5.74) is 0.672. The van der Waals surface area contributed by atoms with E-state index in [-0.39, 0.29) is 5.91 Å². The molecule has 1 aromatic rings. The summed E-state index contributed by atoms with van der Waals surface area (Å²) in [4.78, 5) is 11.9. The molecular formula is C16H23ClN2O. The lowest BCUT2D eigenvalue weighted by Crippen LogP contribution is -2.42. The number of para-hydroxylation sites is 1. The van der Waals surface area contributed by atoms with Crippen molar-refractivity contribution in [3.8, 4) is 0 Å². The smallest absolute Gasteiger partial charge is 0.238 e. The lowest BCUT2D eigenvalue weighted by molar-refractivity contribution is -0.115. The molecule has 1 aliphatic carbocycles. The Hall–Kier alpha value is -1.06. The van der Waals surface area contributed by atoms with Gasteiger partial charge < -0.3 is 10.6 Å². The summed E-state index contributed by atoms with van der Waals surface area (Å²) in [6.07, 6.45) is 3.64. The Balaban J connectivity index is 1.79. The average molecular weight is 295 g/mol. The molecule has 1 aromatic carbocycles. The van der Waals surface area contributed by atoms with Gasteiger partial charge >= 0.3 is 0 Å². The van der Waals surface area contributed by atoms with E-state index in [2.05, 4.69) is 24.5 Å². The number of hydrogen-bond acceptors (Lipinski definition) is 2. The summed E-state index contributed by atoms with van der Waals surface area (Å²) >= 11 is 6.02. The van der Waals surface area contributed by atoms with E-state index in [1.807, 2.05) is 18.2 Å². The molecule has 0 aromatic heterocycles. The number of carbonyl (C=O) groups is 1. The van der Waals surface area contributed by atoms with Crippen LogP contribution in [0.1, 0.15) is 33.1 Å². The molecule has 1 fully saturated rings. The molecule has 0 heterocycles. The topological polar surface area (TPSA) is 41.1 Å². The van der Waals surface area contributed by atoms with Gasteiger partial charge in [-0.3, -0.25) is 4.79 Å². The van der Waals surface area contributed by atoms with Crippen LogP contribution in [0.5, 0.6) is 0 Å². The van der Waals surface area contributed by atoms with E-state index < -0.39 is 0 Å². The van der Waals surface area contributed by atoms with Gasteiger partial charge in [0.15, 0.2) is 0 Å². The molecule has 0 saturated heterocycles. The SMILES string of the molecule is CC1CCC(NCC(=O)Nc2ccccc2Cl)C(C)C1. The van der Waals surface area contributed by atoms with Crippen LogP contribution in [0, 0.1) is 11.8 Å². The highest BCUT2D eigenvalue weighted by molar-refractivity contribution is 6.33. The fourth-order valence-electron chi connectivity index (χ4n) is 2.95. The van der Waals surface area contributed by atoms with Crippen molar-refractivity contribution in [3.05, 3.63) is 29.3 Å². The highest BCUT2D eigenvalue weighted by Gasteiger charge is 2.25. The minimum atomic E-state index is -0.0380. The summed E-state index contributed by atoms with van der Waals surface area (Å²) in [7, 11) is 0. The minimum Gasteiger partial charge on any atom is -0.324 e. The molecule has 3 nitrogen and oxygen atoms in total. The van der Waals surface area contributed by atoms with E-state index in [4.69, 9.17) is 11.6 Å². The second kappa shape index (κ2) is 7.09. The summed E-state index contributed by atoms with van der Waals surface area (Å²) in [5.74, 6) is 1.40. The van der Waals surface area contributed by atoms with Gasteiger partial charge in [-0.25, -0.2) is 0 Å². The van der Waals surface area contributed by atoms with E-state index in [0.717, 1.165) is 12.3 Å². The van der Waals surface area contributed by atoms with E-state index >= 15 is 0 Å². The lowest BCUT2D eigenvalue weighted by Gasteiger charge is -2.33. The molecule has 20 heavy (non-hydrogen) atoms. The number of hydrogen-bond donors (Lipinski definition) is 2. The molecule has 3 atom stereocenters. The fraction of sp³-hybridized carbons (Fsp3) is 0.562. The Labute approximate surface area is 126 Å². The standard InChI is InChI=1S/C16H23ClN2O/c1-11-7-8-14(12(2)9-11)18-10-16(20)19-15-6-4-3-5-13(15)17/h3-6,11-12,14,18H,7-10H2,1-2H3,(H,19,20). The summed E-state index contributed by atoms with van der Waals surface area (Å²) < 4.78 is 0. The Morgan fingerprint density at radius 2 is 2.05 bits per heavy atom. The molecular weight excluding hydrogens is 272 g/mol. The summed E-state index contributed by atoms with van der Waals surface area (Å²) in [6.45, 7) is 4.91. The van der Waals surface area contributed by atoms with Crippen LogP contribution < -0.4 is 10.6 Å². The number of rotatable bonds is 4. The van der Waals surface area contributed by atoms with Gasteiger partial charge in [0.1, 0.15) is 0 Å². The number of benzene rings is 1. The molecule has 0 spiro atoms. The Morgan fingerprint density at radius 3 is 2.75 bits per heavy atom. The Kier molecular flexibility index (Phi) is 5.44. The third kappa shape index (κ3) is 4.22. The van der Waals surface area contributed by atoms with Crippen molar-refractivity contribution < 1.29 is 4.79 Å². The second-order valence-electron chi connectivity index (χ2n) is 5.91. The van der Waals surface area contributed by atoms with E-state index in [1.165, 1.54) is 12.8 Å². The zero-order chi connectivity index (χ0) is 14.5. The van der Waals surface area contributed by atoms with Crippen molar-refractivity contribution >= 4 is 23.2 Å².